The lowest BCUT2D eigenvalue weighted by Gasteiger charge is -2.18. The summed E-state index contributed by atoms with van der Waals surface area (Å²) in [5.41, 5.74) is 2.45. The van der Waals surface area contributed by atoms with Crippen molar-refractivity contribution in [2.75, 3.05) is 26.9 Å². The maximum Gasteiger partial charge on any atom is 0.258 e. The van der Waals surface area contributed by atoms with E-state index in [9.17, 15) is 4.79 Å². The molecule has 0 spiro atoms. The van der Waals surface area contributed by atoms with Crippen molar-refractivity contribution in [1.29, 1.82) is 0 Å². The van der Waals surface area contributed by atoms with Gasteiger partial charge < -0.3 is 19.9 Å². The zero-order valence-electron chi connectivity index (χ0n) is 14.2. The number of methoxy groups -OCH3 is 1. The van der Waals surface area contributed by atoms with Crippen LogP contribution >= 0.6 is 0 Å². The highest BCUT2D eigenvalue weighted by molar-refractivity contribution is 5.96. The molecule has 1 aromatic carbocycles. The normalized spacial score (nSPS) is 12.0. The molecule has 1 atom stereocenters. The highest BCUT2D eigenvalue weighted by atomic mass is 16.5. The minimum absolute atomic E-state index is 0.0767. The lowest BCUT2D eigenvalue weighted by Crippen LogP contribution is -2.30. The van der Waals surface area contributed by atoms with Crippen molar-refractivity contribution in [2.24, 2.45) is 7.05 Å². The number of aromatic nitrogens is 2. The number of benzene rings is 1. The first-order valence-electron chi connectivity index (χ1n) is 7.70. The second-order valence-electron chi connectivity index (χ2n) is 5.43. The second kappa shape index (κ2) is 8.47. The molecule has 2 N–H and O–H groups in total. The Balaban J connectivity index is 2.06. The van der Waals surface area contributed by atoms with Gasteiger partial charge in [-0.1, -0.05) is 29.8 Å². The quantitative estimate of drug-likeness (QED) is 0.759. The van der Waals surface area contributed by atoms with Crippen LogP contribution in [0.25, 0.3) is 0 Å². The molecule has 0 bridgehead atoms. The average Bonchev–Trinajstić information content (AvgIpc) is 2.97. The summed E-state index contributed by atoms with van der Waals surface area (Å²) >= 11 is 0. The van der Waals surface area contributed by atoms with Crippen molar-refractivity contribution in [2.45, 2.75) is 13.0 Å². The SMILES string of the molecule is COc1nn(C)cc1C(=O)NC[C@@H](OCCO)c1ccc(C)cc1. The summed E-state index contributed by atoms with van der Waals surface area (Å²) in [4.78, 5) is 12.4. The number of nitrogens with zero attached hydrogens (tertiary/aromatic N) is 2. The van der Waals surface area contributed by atoms with E-state index in [-0.39, 0.29) is 37.6 Å². The molecule has 7 nitrogen and oxygen atoms in total. The van der Waals surface area contributed by atoms with Gasteiger partial charge in [0.15, 0.2) is 0 Å². The molecule has 0 fully saturated rings. The smallest absolute Gasteiger partial charge is 0.258 e. The van der Waals surface area contributed by atoms with Gasteiger partial charge >= 0.3 is 0 Å². The molecule has 2 rings (SSSR count). The number of carbonyl (C=O) groups is 1. The molecule has 0 aliphatic rings. The van der Waals surface area contributed by atoms with E-state index in [1.165, 1.54) is 11.8 Å². The van der Waals surface area contributed by atoms with E-state index >= 15 is 0 Å². The Labute approximate surface area is 141 Å². The first kappa shape index (κ1) is 18.0. The summed E-state index contributed by atoms with van der Waals surface area (Å²) in [6, 6.07) is 7.87. The first-order valence-corrected chi connectivity index (χ1v) is 7.70. The monoisotopic (exact) mass is 333 g/mol. The lowest BCUT2D eigenvalue weighted by molar-refractivity contribution is 0.0277. The highest BCUT2D eigenvalue weighted by Gasteiger charge is 2.19. The minimum Gasteiger partial charge on any atom is -0.479 e. The van der Waals surface area contributed by atoms with Crippen molar-refractivity contribution in [3.8, 4) is 5.88 Å². The van der Waals surface area contributed by atoms with Crippen molar-refractivity contribution >= 4 is 5.91 Å². The van der Waals surface area contributed by atoms with Gasteiger partial charge in [0, 0.05) is 19.8 Å². The minimum atomic E-state index is -0.343. The number of hydrogen-bond donors (Lipinski definition) is 2. The fraction of sp³-hybridized carbons (Fsp3) is 0.412. The molecule has 130 valence electrons. The van der Waals surface area contributed by atoms with Crippen molar-refractivity contribution in [3.63, 3.8) is 0 Å². The summed E-state index contributed by atoms with van der Waals surface area (Å²) in [7, 11) is 3.19. The number of aliphatic hydroxyl groups is 1. The van der Waals surface area contributed by atoms with E-state index in [0.29, 0.717) is 5.56 Å². The highest BCUT2D eigenvalue weighted by Crippen LogP contribution is 2.19. The van der Waals surface area contributed by atoms with Crippen LogP contribution in [0.5, 0.6) is 5.88 Å². The molecule has 2 aromatic rings. The van der Waals surface area contributed by atoms with E-state index in [2.05, 4.69) is 10.4 Å². The average molecular weight is 333 g/mol. The maximum absolute atomic E-state index is 12.4. The van der Waals surface area contributed by atoms with E-state index in [4.69, 9.17) is 14.6 Å². The fourth-order valence-electron chi connectivity index (χ4n) is 2.30. The molecule has 0 aliphatic carbocycles. The molecule has 1 amide bonds. The zero-order chi connectivity index (χ0) is 17.5. The molecular weight excluding hydrogens is 310 g/mol. The van der Waals surface area contributed by atoms with Gasteiger partial charge in [-0.2, -0.15) is 0 Å². The van der Waals surface area contributed by atoms with Gasteiger partial charge in [0.25, 0.3) is 5.91 Å². The molecule has 1 aromatic heterocycles. The van der Waals surface area contributed by atoms with Crippen molar-refractivity contribution < 1.29 is 19.4 Å². The maximum atomic E-state index is 12.4. The third-order valence-corrected chi connectivity index (χ3v) is 3.54. The van der Waals surface area contributed by atoms with Gasteiger partial charge in [-0.05, 0) is 12.5 Å². The molecule has 0 unspecified atom stereocenters. The van der Waals surface area contributed by atoms with Gasteiger partial charge in [0.1, 0.15) is 5.56 Å². The van der Waals surface area contributed by atoms with E-state index in [1.54, 1.807) is 13.2 Å². The molecule has 0 saturated heterocycles. The molecule has 0 radical (unpaired) electrons. The van der Waals surface area contributed by atoms with Crippen LogP contribution in [-0.2, 0) is 11.8 Å². The predicted octanol–water partition coefficient (Wildman–Crippen LogP) is 1.22. The third-order valence-electron chi connectivity index (χ3n) is 3.54. The van der Waals surface area contributed by atoms with E-state index in [0.717, 1.165) is 11.1 Å². The summed E-state index contributed by atoms with van der Waals surface area (Å²) in [6.07, 6.45) is 1.26. The van der Waals surface area contributed by atoms with Crippen LogP contribution < -0.4 is 10.1 Å². The number of aliphatic hydroxyl groups excluding tert-OH is 1. The molecule has 7 heteroatoms. The summed E-state index contributed by atoms with van der Waals surface area (Å²) in [5, 5.41) is 15.9. The van der Waals surface area contributed by atoms with Crippen LogP contribution in [-0.4, -0.2) is 47.7 Å². The predicted molar refractivity (Wildman–Crippen MR) is 89.1 cm³/mol. The number of rotatable bonds is 8. The zero-order valence-corrected chi connectivity index (χ0v) is 14.2. The van der Waals surface area contributed by atoms with Gasteiger partial charge in [-0.3, -0.25) is 9.48 Å². The summed E-state index contributed by atoms with van der Waals surface area (Å²) < 4.78 is 12.3. The summed E-state index contributed by atoms with van der Waals surface area (Å²) in [5.74, 6) is -0.0113. The summed E-state index contributed by atoms with van der Waals surface area (Å²) in [6.45, 7) is 2.40. The number of amides is 1. The van der Waals surface area contributed by atoms with Crippen molar-refractivity contribution in [3.05, 3.63) is 47.2 Å². The van der Waals surface area contributed by atoms with Gasteiger partial charge in [0.2, 0.25) is 5.88 Å². The Morgan fingerprint density at radius 1 is 1.38 bits per heavy atom. The molecule has 24 heavy (non-hydrogen) atoms. The van der Waals surface area contributed by atoms with Gasteiger partial charge in [-0.15, -0.1) is 5.10 Å². The number of hydrogen-bond acceptors (Lipinski definition) is 5. The van der Waals surface area contributed by atoms with Crippen molar-refractivity contribution in [1.82, 2.24) is 15.1 Å². The number of ether oxygens (including phenoxy) is 2. The Hall–Kier alpha value is -2.38. The van der Waals surface area contributed by atoms with Crippen LogP contribution in [0.15, 0.2) is 30.5 Å². The molecule has 0 aliphatic heterocycles. The Kier molecular flexibility index (Phi) is 6.34. The largest absolute Gasteiger partial charge is 0.479 e. The van der Waals surface area contributed by atoms with Crippen LogP contribution in [0.2, 0.25) is 0 Å². The Morgan fingerprint density at radius 3 is 2.71 bits per heavy atom. The standard InChI is InChI=1S/C17H23N3O4/c1-12-4-6-13(7-5-12)15(24-9-8-21)10-18-16(22)14-11-20(2)19-17(14)23-3/h4-7,11,15,21H,8-10H2,1-3H3,(H,18,22)/t15-/m1/s1. The topological polar surface area (TPSA) is 85.6 Å². The molecular formula is C17H23N3O4. The Morgan fingerprint density at radius 2 is 2.08 bits per heavy atom. The third kappa shape index (κ3) is 4.56. The second-order valence-corrected chi connectivity index (χ2v) is 5.43. The van der Waals surface area contributed by atoms with Crippen LogP contribution in [0, 0.1) is 6.92 Å². The molecule has 0 saturated carbocycles. The van der Waals surface area contributed by atoms with Gasteiger partial charge in [-0.25, -0.2) is 0 Å². The van der Waals surface area contributed by atoms with Crippen LogP contribution in [0.3, 0.4) is 0 Å². The number of nitrogens with one attached hydrogen (secondary N) is 1. The van der Waals surface area contributed by atoms with Crippen LogP contribution in [0.1, 0.15) is 27.6 Å². The number of carbonyl (C=O) groups excluding carboxylic acids is 1. The van der Waals surface area contributed by atoms with E-state index in [1.807, 2.05) is 31.2 Å². The first-order chi connectivity index (χ1) is 11.5. The molecule has 1 heterocycles. The lowest BCUT2D eigenvalue weighted by atomic mass is 10.1. The number of aryl methyl sites for hydroxylation is 2. The Bertz CT molecular complexity index is 667. The fourth-order valence-corrected chi connectivity index (χ4v) is 2.30. The van der Waals surface area contributed by atoms with Crippen LogP contribution in [0.4, 0.5) is 0 Å². The van der Waals surface area contributed by atoms with E-state index < -0.39 is 0 Å². The van der Waals surface area contributed by atoms with Gasteiger partial charge in [0.05, 0.1) is 26.4 Å².